The van der Waals surface area contributed by atoms with Gasteiger partial charge in [-0.1, -0.05) is 30.3 Å². The molecule has 0 bridgehead atoms. The topological polar surface area (TPSA) is 22.0 Å². The van der Waals surface area contributed by atoms with Crippen molar-refractivity contribution in [2.75, 3.05) is 0 Å². The van der Waals surface area contributed by atoms with Crippen molar-refractivity contribution in [2.45, 2.75) is 13.3 Å². The zero-order valence-electron chi connectivity index (χ0n) is 9.60. The van der Waals surface area contributed by atoms with Crippen LogP contribution in [0.15, 0.2) is 42.6 Å². The molecule has 1 aromatic heterocycles. The van der Waals surface area contributed by atoms with E-state index in [1.807, 2.05) is 42.1 Å². The van der Waals surface area contributed by atoms with Gasteiger partial charge in [-0.2, -0.15) is 0 Å². The first-order valence-electron chi connectivity index (χ1n) is 5.37. The fourth-order valence-corrected chi connectivity index (χ4v) is 1.78. The minimum atomic E-state index is 0.120. The van der Waals surface area contributed by atoms with E-state index in [0.29, 0.717) is 0 Å². The normalized spacial score (nSPS) is 10.4. The largest absolute Gasteiger partial charge is 0.353 e. The third-order valence-electron chi connectivity index (χ3n) is 2.74. The maximum absolute atomic E-state index is 11.3. The lowest BCUT2D eigenvalue weighted by atomic mass is 10.1. The van der Waals surface area contributed by atoms with Crippen molar-refractivity contribution in [2.24, 2.45) is 7.05 Å². The molecular formula is C14H15NO. The molecule has 1 heterocycles. The van der Waals surface area contributed by atoms with Crippen LogP contribution in [0.3, 0.4) is 0 Å². The van der Waals surface area contributed by atoms with Gasteiger partial charge in [0, 0.05) is 30.9 Å². The fraction of sp³-hybridized carbons (Fsp3) is 0.214. The van der Waals surface area contributed by atoms with Crippen LogP contribution >= 0.6 is 0 Å². The number of carbonyl (C=O) groups excluding carboxylic acids is 1. The van der Waals surface area contributed by atoms with E-state index in [4.69, 9.17) is 0 Å². The molecule has 0 aliphatic carbocycles. The zero-order valence-corrected chi connectivity index (χ0v) is 9.60. The molecule has 0 aliphatic heterocycles. The van der Waals surface area contributed by atoms with Crippen LogP contribution in [0.5, 0.6) is 0 Å². The quantitative estimate of drug-likeness (QED) is 0.718. The molecule has 0 radical (unpaired) electrons. The van der Waals surface area contributed by atoms with E-state index in [2.05, 4.69) is 12.1 Å². The molecule has 0 fully saturated rings. The third-order valence-corrected chi connectivity index (χ3v) is 2.74. The van der Waals surface area contributed by atoms with Crippen molar-refractivity contribution in [1.29, 1.82) is 0 Å². The Morgan fingerprint density at radius 1 is 1.25 bits per heavy atom. The molecule has 2 nitrogen and oxygen atoms in total. The van der Waals surface area contributed by atoms with Gasteiger partial charge in [-0.15, -0.1) is 0 Å². The molecule has 82 valence electrons. The first-order valence-corrected chi connectivity index (χ1v) is 5.37. The van der Waals surface area contributed by atoms with Crippen LogP contribution in [0.2, 0.25) is 0 Å². The molecule has 0 saturated carbocycles. The molecule has 0 atom stereocenters. The van der Waals surface area contributed by atoms with Gasteiger partial charge in [0.1, 0.15) is 0 Å². The van der Waals surface area contributed by atoms with Crippen LogP contribution in [0.4, 0.5) is 0 Å². The Bertz CT molecular complexity index is 497. The summed E-state index contributed by atoms with van der Waals surface area (Å²) in [5.74, 6) is 0.120. The summed E-state index contributed by atoms with van der Waals surface area (Å²) in [7, 11) is 1.98. The van der Waals surface area contributed by atoms with E-state index in [0.717, 1.165) is 17.7 Å². The number of ketones is 1. The first kappa shape index (κ1) is 10.7. The van der Waals surface area contributed by atoms with E-state index in [-0.39, 0.29) is 5.78 Å². The number of benzene rings is 1. The third kappa shape index (κ3) is 2.22. The fourth-order valence-electron chi connectivity index (χ4n) is 1.78. The molecule has 0 N–H and O–H groups in total. The Labute approximate surface area is 95.5 Å². The van der Waals surface area contributed by atoms with Crippen molar-refractivity contribution in [3.8, 4) is 0 Å². The van der Waals surface area contributed by atoms with Gasteiger partial charge >= 0.3 is 0 Å². The Kier molecular flexibility index (Phi) is 2.91. The van der Waals surface area contributed by atoms with E-state index in [9.17, 15) is 4.79 Å². The summed E-state index contributed by atoms with van der Waals surface area (Å²) in [5.41, 5.74) is 3.21. The van der Waals surface area contributed by atoms with Crippen molar-refractivity contribution in [1.82, 2.24) is 4.57 Å². The minimum absolute atomic E-state index is 0.120. The number of carbonyl (C=O) groups is 1. The summed E-state index contributed by atoms with van der Waals surface area (Å²) in [6.45, 7) is 1.60. The first-order chi connectivity index (χ1) is 7.66. The van der Waals surface area contributed by atoms with Crippen molar-refractivity contribution in [3.05, 3.63) is 59.4 Å². The number of nitrogens with zero attached hydrogens (tertiary/aromatic N) is 1. The predicted octanol–water partition coefficient (Wildman–Crippen LogP) is 2.82. The summed E-state index contributed by atoms with van der Waals surface area (Å²) < 4.78 is 2.02. The molecular weight excluding hydrogens is 198 g/mol. The van der Waals surface area contributed by atoms with E-state index in [1.54, 1.807) is 6.92 Å². The monoisotopic (exact) mass is 213 g/mol. The average molecular weight is 213 g/mol. The Morgan fingerprint density at radius 2 is 1.94 bits per heavy atom. The van der Waals surface area contributed by atoms with E-state index in [1.165, 1.54) is 5.56 Å². The summed E-state index contributed by atoms with van der Waals surface area (Å²) in [6.07, 6.45) is 2.76. The Hall–Kier alpha value is -1.83. The lowest BCUT2D eigenvalue weighted by Crippen LogP contribution is -1.95. The maximum Gasteiger partial charge on any atom is 0.161 e. The van der Waals surface area contributed by atoms with E-state index >= 15 is 0 Å². The van der Waals surface area contributed by atoms with E-state index < -0.39 is 0 Å². The summed E-state index contributed by atoms with van der Waals surface area (Å²) in [6, 6.07) is 12.2. The molecule has 2 heteroatoms. The Balaban J connectivity index is 2.25. The number of hydrogen-bond donors (Lipinski definition) is 0. The molecule has 0 spiro atoms. The van der Waals surface area contributed by atoms with Gasteiger partial charge in [0.05, 0.1) is 0 Å². The van der Waals surface area contributed by atoms with Gasteiger partial charge in [0.2, 0.25) is 0 Å². The second-order valence-electron chi connectivity index (χ2n) is 4.05. The number of hydrogen-bond acceptors (Lipinski definition) is 1. The van der Waals surface area contributed by atoms with Gasteiger partial charge in [-0.3, -0.25) is 4.79 Å². The van der Waals surface area contributed by atoms with Crippen LogP contribution in [0, 0.1) is 0 Å². The molecule has 0 saturated heterocycles. The van der Waals surface area contributed by atoms with Crippen LogP contribution in [0.1, 0.15) is 28.5 Å². The average Bonchev–Trinajstić information content (AvgIpc) is 2.62. The Morgan fingerprint density at radius 3 is 2.50 bits per heavy atom. The lowest BCUT2D eigenvalue weighted by Gasteiger charge is -2.02. The highest BCUT2D eigenvalue weighted by molar-refractivity contribution is 5.94. The summed E-state index contributed by atoms with van der Waals surface area (Å²) in [5, 5.41) is 0. The van der Waals surface area contributed by atoms with Crippen LogP contribution < -0.4 is 0 Å². The van der Waals surface area contributed by atoms with Gasteiger partial charge in [-0.05, 0) is 18.6 Å². The van der Waals surface area contributed by atoms with Crippen molar-refractivity contribution >= 4 is 5.78 Å². The highest BCUT2D eigenvalue weighted by Crippen LogP contribution is 2.13. The molecule has 2 aromatic rings. The number of aromatic nitrogens is 1. The van der Waals surface area contributed by atoms with Crippen LogP contribution in [0.25, 0.3) is 0 Å². The number of rotatable bonds is 3. The molecule has 0 unspecified atom stereocenters. The SMILES string of the molecule is CC(=O)c1cc(Cc2ccccc2)n(C)c1. The molecule has 0 aliphatic rings. The van der Waals surface area contributed by atoms with Gasteiger partial charge in [-0.25, -0.2) is 0 Å². The second-order valence-corrected chi connectivity index (χ2v) is 4.05. The van der Waals surface area contributed by atoms with Gasteiger partial charge in [0.25, 0.3) is 0 Å². The maximum atomic E-state index is 11.3. The van der Waals surface area contributed by atoms with Crippen LogP contribution in [-0.4, -0.2) is 10.4 Å². The van der Waals surface area contributed by atoms with Crippen molar-refractivity contribution in [3.63, 3.8) is 0 Å². The predicted molar refractivity (Wildman–Crippen MR) is 64.7 cm³/mol. The second kappa shape index (κ2) is 4.35. The molecule has 1 aromatic carbocycles. The number of aryl methyl sites for hydroxylation is 1. The molecule has 16 heavy (non-hydrogen) atoms. The van der Waals surface area contributed by atoms with Crippen LogP contribution in [-0.2, 0) is 13.5 Å². The summed E-state index contributed by atoms with van der Waals surface area (Å²) in [4.78, 5) is 11.3. The highest BCUT2D eigenvalue weighted by atomic mass is 16.1. The van der Waals surface area contributed by atoms with Crippen molar-refractivity contribution < 1.29 is 4.79 Å². The minimum Gasteiger partial charge on any atom is -0.353 e. The summed E-state index contributed by atoms with van der Waals surface area (Å²) >= 11 is 0. The molecule has 0 amide bonds. The zero-order chi connectivity index (χ0) is 11.5. The number of Topliss-reactive ketones (excluding diaryl/α,β-unsaturated/α-hetero) is 1. The lowest BCUT2D eigenvalue weighted by molar-refractivity contribution is 0.101. The highest BCUT2D eigenvalue weighted by Gasteiger charge is 2.06. The molecule has 2 rings (SSSR count). The standard InChI is InChI=1S/C14H15NO/c1-11(16)13-9-14(15(2)10-13)8-12-6-4-3-5-7-12/h3-7,9-10H,8H2,1-2H3. The van der Waals surface area contributed by atoms with Gasteiger partial charge < -0.3 is 4.57 Å². The smallest absolute Gasteiger partial charge is 0.161 e. The van der Waals surface area contributed by atoms with Gasteiger partial charge in [0.15, 0.2) is 5.78 Å².